The molecule has 0 N–H and O–H groups in total. The Hall–Kier alpha value is -0.830. The van der Waals surface area contributed by atoms with E-state index in [0.29, 0.717) is 0 Å². The summed E-state index contributed by atoms with van der Waals surface area (Å²) < 4.78 is 1.36. The second-order valence-corrected chi connectivity index (χ2v) is 4.81. The highest BCUT2D eigenvalue weighted by molar-refractivity contribution is 14.1. The van der Waals surface area contributed by atoms with Crippen molar-refractivity contribution in [2.75, 3.05) is 0 Å². The van der Waals surface area contributed by atoms with Crippen LogP contribution in [0, 0.1) is 17.4 Å². The van der Waals surface area contributed by atoms with Crippen molar-refractivity contribution in [1.82, 2.24) is 0 Å². The van der Waals surface area contributed by atoms with Gasteiger partial charge in [-0.15, -0.1) is 0 Å². The van der Waals surface area contributed by atoms with Crippen LogP contribution in [0.25, 0.3) is 11.1 Å². The molecule has 0 nitrogen and oxygen atoms in total. The maximum atomic E-state index is 2.43. The van der Waals surface area contributed by atoms with E-state index in [2.05, 4.69) is 78.9 Å². The van der Waals surface area contributed by atoms with Gasteiger partial charge in [0.15, 0.2) is 0 Å². The summed E-state index contributed by atoms with van der Waals surface area (Å²) in [5.74, 6) is 0. The Balaban J connectivity index is 2.60. The molecule has 0 spiro atoms. The predicted octanol–water partition coefficient (Wildman–Crippen LogP) is 4.58. The van der Waals surface area contributed by atoms with Gasteiger partial charge in [-0.05, 0) is 58.7 Å². The van der Waals surface area contributed by atoms with Crippen molar-refractivity contribution in [3.05, 3.63) is 57.2 Å². The molecule has 0 aliphatic rings. The van der Waals surface area contributed by atoms with Crippen LogP contribution in [0.3, 0.4) is 0 Å². The van der Waals surface area contributed by atoms with Crippen LogP contribution in [0.4, 0.5) is 0 Å². The topological polar surface area (TPSA) is 0 Å². The molecule has 0 saturated heterocycles. The molecule has 0 atom stereocenters. The minimum absolute atomic E-state index is 1.30. The Labute approximate surface area is 104 Å². The van der Waals surface area contributed by atoms with Crippen molar-refractivity contribution in [3.8, 4) is 11.1 Å². The first kappa shape index (κ1) is 10.7. The summed E-state index contributed by atoms with van der Waals surface area (Å²) in [6, 6.07) is 14.9. The molecule has 0 aromatic heterocycles. The van der Waals surface area contributed by atoms with E-state index in [1.807, 2.05) is 0 Å². The molecule has 0 amide bonds. The maximum absolute atomic E-state index is 2.43. The highest BCUT2D eigenvalue weighted by Gasteiger charge is 2.06. The zero-order chi connectivity index (χ0) is 10.8. The lowest BCUT2D eigenvalue weighted by Gasteiger charge is -2.09. The number of rotatable bonds is 1. The summed E-state index contributed by atoms with van der Waals surface area (Å²) in [6.45, 7) is 4.34. The summed E-state index contributed by atoms with van der Waals surface area (Å²) in [5, 5.41) is 0. The summed E-state index contributed by atoms with van der Waals surface area (Å²) in [5.41, 5.74) is 5.38. The number of aryl methyl sites for hydroxylation is 1. The van der Waals surface area contributed by atoms with Crippen molar-refractivity contribution >= 4 is 22.6 Å². The molecular formula is C14H13I. The molecular weight excluding hydrogens is 295 g/mol. The fourth-order valence-electron chi connectivity index (χ4n) is 1.62. The van der Waals surface area contributed by atoms with Crippen molar-refractivity contribution < 1.29 is 0 Å². The summed E-state index contributed by atoms with van der Waals surface area (Å²) >= 11 is 2.43. The van der Waals surface area contributed by atoms with E-state index in [1.54, 1.807) is 0 Å². The van der Waals surface area contributed by atoms with Crippen LogP contribution < -0.4 is 0 Å². The van der Waals surface area contributed by atoms with E-state index in [1.165, 1.54) is 25.8 Å². The maximum Gasteiger partial charge on any atom is 0.0240 e. The first-order chi connectivity index (χ1) is 7.20. The fourth-order valence-corrected chi connectivity index (χ4v) is 2.54. The van der Waals surface area contributed by atoms with E-state index >= 15 is 0 Å². The van der Waals surface area contributed by atoms with Gasteiger partial charge in [-0.2, -0.15) is 0 Å². The lowest BCUT2D eigenvalue weighted by Crippen LogP contribution is -1.90. The van der Waals surface area contributed by atoms with Gasteiger partial charge in [-0.3, -0.25) is 0 Å². The first-order valence-corrected chi connectivity index (χ1v) is 6.09. The molecule has 0 fully saturated rings. The van der Waals surface area contributed by atoms with Gasteiger partial charge < -0.3 is 0 Å². The van der Waals surface area contributed by atoms with Gasteiger partial charge in [-0.25, -0.2) is 0 Å². The second kappa shape index (κ2) is 4.35. The lowest BCUT2D eigenvalue weighted by atomic mass is 10.0. The number of halogens is 1. The standard InChI is InChI=1S/C14H13I/c1-10-8-9-13(14(15)11(10)2)12-6-4-3-5-7-12/h3-9H,1-2H3. The van der Waals surface area contributed by atoms with Crippen molar-refractivity contribution in [2.24, 2.45) is 0 Å². The van der Waals surface area contributed by atoms with E-state index in [9.17, 15) is 0 Å². The summed E-state index contributed by atoms with van der Waals surface area (Å²) in [4.78, 5) is 0. The predicted molar refractivity (Wildman–Crippen MR) is 74.1 cm³/mol. The van der Waals surface area contributed by atoms with Crippen LogP contribution >= 0.6 is 22.6 Å². The lowest BCUT2D eigenvalue weighted by molar-refractivity contribution is 1.31. The molecule has 2 rings (SSSR count). The molecule has 0 saturated carbocycles. The largest absolute Gasteiger partial charge is 0.0622 e. The van der Waals surface area contributed by atoms with Gasteiger partial charge in [0.25, 0.3) is 0 Å². The Morgan fingerprint density at radius 3 is 2.20 bits per heavy atom. The zero-order valence-electron chi connectivity index (χ0n) is 8.92. The molecule has 0 radical (unpaired) electrons. The minimum Gasteiger partial charge on any atom is -0.0622 e. The Kier molecular flexibility index (Phi) is 3.10. The van der Waals surface area contributed by atoms with Crippen LogP contribution in [-0.2, 0) is 0 Å². The third-order valence-corrected chi connectivity index (χ3v) is 4.13. The molecule has 2 aromatic carbocycles. The van der Waals surface area contributed by atoms with E-state index in [0.717, 1.165) is 0 Å². The average molecular weight is 308 g/mol. The van der Waals surface area contributed by atoms with Gasteiger partial charge in [0, 0.05) is 3.57 Å². The molecule has 0 aliphatic heterocycles. The molecule has 2 aromatic rings. The van der Waals surface area contributed by atoms with Crippen molar-refractivity contribution in [2.45, 2.75) is 13.8 Å². The molecule has 0 aliphatic carbocycles. The third-order valence-electron chi connectivity index (χ3n) is 2.74. The smallest absolute Gasteiger partial charge is 0.0240 e. The Morgan fingerprint density at radius 2 is 1.53 bits per heavy atom. The van der Waals surface area contributed by atoms with Gasteiger partial charge in [0.2, 0.25) is 0 Å². The van der Waals surface area contributed by atoms with E-state index < -0.39 is 0 Å². The molecule has 1 heteroatoms. The van der Waals surface area contributed by atoms with Crippen LogP contribution in [0.5, 0.6) is 0 Å². The highest BCUT2D eigenvalue weighted by atomic mass is 127. The molecule has 0 unspecified atom stereocenters. The number of benzene rings is 2. The third kappa shape index (κ3) is 2.07. The average Bonchev–Trinajstić information content (AvgIpc) is 2.27. The van der Waals surface area contributed by atoms with Crippen LogP contribution in [0.2, 0.25) is 0 Å². The fraction of sp³-hybridized carbons (Fsp3) is 0.143. The summed E-state index contributed by atoms with van der Waals surface area (Å²) in [7, 11) is 0. The summed E-state index contributed by atoms with van der Waals surface area (Å²) in [6.07, 6.45) is 0. The van der Waals surface area contributed by atoms with Gasteiger partial charge in [0.05, 0.1) is 0 Å². The van der Waals surface area contributed by atoms with E-state index in [-0.39, 0.29) is 0 Å². The second-order valence-electron chi connectivity index (χ2n) is 3.74. The van der Waals surface area contributed by atoms with Gasteiger partial charge in [0.1, 0.15) is 0 Å². The van der Waals surface area contributed by atoms with Crippen molar-refractivity contribution in [3.63, 3.8) is 0 Å². The minimum atomic E-state index is 1.30. The molecule has 76 valence electrons. The van der Waals surface area contributed by atoms with Crippen LogP contribution in [-0.4, -0.2) is 0 Å². The molecule has 0 bridgehead atoms. The van der Waals surface area contributed by atoms with E-state index in [4.69, 9.17) is 0 Å². The van der Waals surface area contributed by atoms with Gasteiger partial charge >= 0.3 is 0 Å². The SMILES string of the molecule is Cc1ccc(-c2ccccc2)c(I)c1C. The molecule has 15 heavy (non-hydrogen) atoms. The first-order valence-electron chi connectivity index (χ1n) is 5.01. The Morgan fingerprint density at radius 1 is 0.867 bits per heavy atom. The zero-order valence-corrected chi connectivity index (χ0v) is 11.1. The van der Waals surface area contributed by atoms with Gasteiger partial charge in [-0.1, -0.05) is 42.5 Å². The van der Waals surface area contributed by atoms with Crippen LogP contribution in [0.1, 0.15) is 11.1 Å². The number of hydrogen-bond donors (Lipinski definition) is 0. The quantitative estimate of drug-likeness (QED) is 0.677. The highest BCUT2D eigenvalue weighted by Crippen LogP contribution is 2.28. The van der Waals surface area contributed by atoms with Crippen LogP contribution in [0.15, 0.2) is 42.5 Å². The Bertz CT molecular complexity index is 472. The number of hydrogen-bond acceptors (Lipinski definition) is 0. The van der Waals surface area contributed by atoms with Crippen molar-refractivity contribution in [1.29, 1.82) is 0 Å². The molecule has 0 heterocycles. The monoisotopic (exact) mass is 308 g/mol. The normalized spacial score (nSPS) is 10.3.